The van der Waals surface area contributed by atoms with Crippen LogP contribution >= 0.6 is 11.8 Å². The molecule has 1 fully saturated rings. The van der Waals surface area contributed by atoms with E-state index in [-0.39, 0.29) is 4.91 Å². The van der Waals surface area contributed by atoms with Crippen LogP contribution in [0.2, 0.25) is 0 Å². The first-order valence-electron chi connectivity index (χ1n) is 5.41. The van der Waals surface area contributed by atoms with Gasteiger partial charge in [0.1, 0.15) is 6.04 Å². The van der Waals surface area contributed by atoms with Gasteiger partial charge in [-0.05, 0) is 30.8 Å². The molecule has 0 N–H and O–H groups in total. The van der Waals surface area contributed by atoms with E-state index in [1.54, 1.807) is 12.1 Å². The highest BCUT2D eigenvalue weighted by atomic mass is 32.2. The molecule has 1 atom stereocenters. The fraction of sp³-hybridized carbons (Fsp3) is 0.250. The second kappa shape index (κ2) is 5.31. The smallest absolute Gasteiger partial charge is 0.328 e. The van der Waals surface area contributed by atoms with Crippen molar-refractivity contribution in [1.29, 1.82) is 0 Å². The van der Waals surface area contributed by atoms with Crippen LogP contribution in [-0.2, 0) is 14.3 Å². The van der Waals surface area contributed by atoms with E-state index in [1.807, 2.05) is 0 Å². The summed E-state index contributed by atoms with van der Waals surface area (Å²) in [5.74, 6) is -1.14. The van der Waals surface area contributed by atoms with Crippen LogP contribution in [0.3, 0.4) is 0 Å². The third kappa shape index (κ3) is 2.55. The highest BCUT2D eigenvalue weighted by molar-refractivity contribution is 8.18. The number of carbonyl (C=O) groups excluding carboxylic acids is 3. The van der Waals surface area contributed by atoms with Crippen molar-refractivity contribution in [2.45, 2.75) is 13.0 Å². The van der Waals surface area contributed by atoms with Gasteiger partial charge >= 0.3 is 5.97 Å². The molecule has 1 aliphatic heterocycles. The average molecular weight is 281 g/mol. The molecular formula is C12H11NO5S. The minimum Gasteiger partial charge on any atom is -0.472 e. The van der Waals surface area contributed by atoms with E-state index in [0.717, 1.165) is 16.7 Å². The number of esters is 1. The summed E-state index contributed by atoms with van der Waals surface area (Å²) >= 11 is 0.785. The van der Waals surface area contributed by atoms with E-state index in [4.69, 9.17) is 4.42 Å². The maximum absolute atomic E-state index is 12.1. The summed E-state index contributed by atoms with van der Waals surface area (Å²) in [5.41, 5.74) is 0.677. The third-order valence-electron chi connectivity index (χ3n) is 2.59. The van der Waals surface area contributed by atoms with Crippen LogP contribution in [0, 0.1) is 0 Å². The number of hydrogen-bond donors (Lipinski definition) is 0. The largest absolute Gasteiger partial charge is 0.472 e. The first-order chi connectivity index (χ1) is 9.04. The van der Waals surface area contributed by atoms with Crippen LogP contribution in [0.15, 0.2) is 27.9 Å². The highest BCUT2D eigenvalue weighted by Gasteiger charge is 2.41. The van der Waals surface area contributed by atoms with Gasteiger partial charge < -0.3 is 9.15 Å². The Balaban J connectivity index is 2.24. The molecule has 19 heavy (non-hydrogen) atoms. The molecule has 1 aromatic heterocycles. The molecule has 0 saturated carbocycles. The lowest BCUT2D eigenvalue weighted by atomic mass is 10.2. The van der Waals surface area contributed by atoms with Gasteiger partial charge in [-0.3, -0.25) is 14.5 Å². The van der Waals surface area contributed by atoms with E-state index < -0.39 is 23.2 Å². The summed E-state index contributed by atoms with van der Waals surface area (Å²) in [6.07, 6.45) is 4.46. The predicted molar refractivity (Wildman–Crippen MR) is 68.0 cm³/mol. The molecule has 0 aliphatic carbocycles. The third-order valence-corrected chi connectivity index (χ3v) is 3.48. The number of furan rings is 1. The lowest BCUT2D eigenvalue weighted by molar-refractivity contribution is -0.148. The Labute approximate surface area is 113 Å². The molecule has 0 bridgehead atoms. The zero-order valence-corrected chi connectivity index (χ0v) is 11.1. The Morgan fingerprint density at radius 2 is 2.26 bits per heavy atom. The maximum Gasteiger partial charge on any atom is 0.328 e. The molecule has 100 valence electrons. The quantitative estimate of drug-likeness (QED) is 0.622. The average Bonchev–Trinajstić information content (AvgIpc) is 2.98. The molecule has 6 nitrogen and oxygen atoms in total. The molecular weight excluding hydrogens is 270 g/mol. The Morgan fingerprint density at radius 1 is 1.53 bits per heavy atom. The number of nitrogens with zero attached hydrogens (tertiary/aromatic N) is 1. The summed E-state index contributed by atoms with van der Waals surface area (Å²) in [4.78, 5) is 36.4. The van der Waals surface area contributed by atoms with Crippen LogP contribution in [0.4, 0.5) is 4.79 Å². The summed E-state index contributed by atoms with van der Waals surface area (Å²) in [6, 6.07) is 0.727. The van der Waals surface area contributed by atoms with Crippen molar-refractivity contribution in [3.8, 4) is 0 Å². The van der Waals surface area contributed by atoms with Gasteiger partial charge in [0, 0.05) is 5.56 Å². The Hall–Kier alpha value is -2.02. The van der Waals surface area contributed by atoms with Crippen LogP contribution in [-0.4, -0.2) is 35.2 Å². The summed E-state index contributed by atoms with van der Waals surface area (Å²) in [7, 11) is 1.21. The van der Waals surface area contributed by atoms with Crippen molar-refractivity contribution < 1.29 is 23.5 Å². The normalized spacial score (nSPS) is 19.1. The zero-order chi connectivity index (χ0) is 14.0. The minimum absolute atomic E-state index is 0.252. The molecule has 1 aromatic rings. The molecule has 0 radical (unpaired) electrons. The van der Waals surface area contributed by atoms with E-state index >= 15 is 0 Å². The molecule has 2 heterocycles. The Kier molecular flexibility index (Phi) is 3.75. The van der Waals surface area contributed by atoms with Gasteiger partial charge in [0.2, 0.25) is 0 Å². The topological polar surface area (TPSA) is 76.8 Å². The molecule has 1 aliphatic rings. The standard InChI is InChI=1S/C12H11NO5S/c1-7(11(15)17-2)13-10(14)9(19-12(13)16)5-8-3-4-18-6-8/h3-7H,1-2H3/b9-5+/t7-/m1/s1. The molecule has 0 spiro atoms. The fourth-order valence-electron chi connectivity index (χ4n) is 1.60. The number of hydrogen-bond acceptors (Lipinski definition) is 6. The SMILES string of the molecule is COC(=O)[C@@H](C)N1C(=O)S/C(=C/c2ccoc2)C1=O. The van der Waals surface area contributed by atoms with Gasteiger partial charge in [-0.1, -0.05) is 0 Å². The van der Waals surface area contributed by atoms with Gasteiger partial charge in [0.15, 0.2) is 0 Å². The second-order valence-electron chi connectivity index (χ2n) is 3.81. The molecule has 0 unspecified atom stereocenters. The van der Waals surface area contributed by atoms with Gasteiger partial charge in [-0.2, -0.15) is 0 Å². The number of methoxy groups -OCH3 is 1. The number of carbonyl (C=O) groups is 3. The van der Waals surface area contributed by atoms with Crippen molar-refractivity contribution in [1.82, 2.24) is 4.90 Å². The number of imide groups is 1. The Bertz CT molecular complexity index is 548. The molecule has 7 heteroatoms. The van der Waals surface area contributed by atoms with E-state index in [9.17, 15) is 14.4 Å². The van der Waals surface area contributed by atoms with E-state index in [2.05, 4.69) is 4.74 Å². The lowest BCUT2D eigenvalue weighted by Crippen LogP contribution is -2.42. The van der Waals surface area contributed by atoms with Gasteiger partial charge in [0.25, 0.3) is 11.1 Å². The maximum atomic E-state index is 12.1. The van der Waals surface area contributed by atoms with Gasteiger partial charge in [0.05, 0.1) is 24.5 Å². The van der Waals surface area contributed by atoms with Crippen LogP contribution in [0.25, 0.3) is 6.08 Å². The van der Waals surface area contributed by atoms with E-state index in [0.29, 0.717) is 5.56 Å². The van der Waals surface area contributed by atoms with Crippen molar-refractivity contribution in [3.63, 3.8) is 0 Å². The zero-order valence-electron chi connectivity index (χ0n) is 10.3. The Morgan fingerprint density at radius 3 is 2.84 bits per heavy atom. The van der Waals surface area contributed by atoms with Crippen LogP contribution < -0.4 is 0 Å². The molecule has 1 saturated heterocycles. The number of ether oxygens (including phenoxy) is 1. The van der Waals surface area contributed by atoms with Crippen molar-refractivity contribution in [2.75, 3.05) is 7.11 Å². The second-order valence-corrected chi connectivity index (χ2v) is 4.80. The van der Waals surface area contributed by atoms with Crippen molar-refractivity contribution in [3.05, 3.63) is 29.1 Å². The van der Waals surface area contributed by atoms with Gasteiger partial charge in [-0.15, -0.1) is 0 Å². The number of rotatable bonds is 3. The molecule has 2 amide bonds. The number of thioether (sulfide) groups is 1. The van der Waals surface area contributed by atoms with Crippen LogP contribution in [0.1, 0.15) is 12.5 Å². The predicted octanol–water partition coefficient (Wildman–Crippen LogP) is 1.88. The first-order valence-corrected chi connectivity index (χ1v) is 6.23. The number of amides is 2. The summed E-state index contributed by atoms with van der Waals surface area (Å²) < 4.78 is 9.41. The lowest BCUT2D eigenvalue weighted by Gasteiger charge is -2.18. The summed E-state index contributed by atoms with van der Waals surface area (Å²) in [6.45, 7) is 1.45. The monoisotopic (exact) mass is 281 g/mol. The van der Waals surface area contributed by atoms with Crippen molar-refractivity contribution in [2.24, 2.45) is 0 Å². The minimum atomic E-state index is -0.937. The highest BCUT2D eigenvalue weighted by Crippen LogP contribution is 2.33. The van der Waals surface area contributed by atoms with Crippen LogP contribution in [0.5, 0.6) is 0 Å². The van der Waals surface area contributed by atoms with Crippen molar-refractivity contribution >= 4 is 35.0 Å². The molecule has 2 rings (SSSR count). The van der Waals surface area contributed by atoms with E-state index in [1.165, 1.54) is 26.6 Å². The first kappa shape index (κ1) is 13.4. The van der Waals surface area contributed by atoms with Gasteiger partial charge in [-0.25, -0.2) is 4.79 Å². The fourth-order valence-corrected chi connectivity index (χ4v) is 2.51. The summed E-state index contributed by atoms with van der Waals surface area (Å²) in [5, 5.41) is -0.488. The molecule has 0 aromatic carbocycles.